The van der Waals surface area contributed by atoms with Crippen LogP contribution in [0.1, 0.15) is 12.5 Å². The van der Waals surface area contributed by atoms with Crippen molar-refractivity contribution in [3.05, 3.63) is 79.1 Å². The van der Waals surface area contributed by atoms with E-state index in [4.69, 9.17) is 0 Å². The quantitative estimate of drug-likeness (QED) is 0.847. The lowest BCUT2D eigenvalue weighted by Gasteiger charge is -2.15. The Morgan fingerprint density at radius 3 is 2.57 bits per heavy atom. The van der Waals surface area contributed by atoms with E-state index in [1.165, 1.54) is 11.1 Å². The van der Waals surface area contributed by atoms with E-state index in [-0.39, 0.29) is 12.5 Å². The molecule has 0 aliphatic heterocycles. The first-order chi connectivity index (χ1) is 11.1. The zero-order valence-electron chi connectivity index (χ0n) is 13.6. The van der Waals surface area contributed by atoms with Crippen molar-refractivity contribution in [3.63, 3.8) is 0 Å². The molecule has 1 N–H and O–H groups in total. The van der Waals surface area contributed by atoms with Gasteiger partial charge >= 0.3 is 0 Å². The molecule has 0 aliphatic carbocycles. The fraction of sp³-hybridized carbons (Fsp3) is 0.150. The number of hydrogen-bond acceptors (Lipinski definition) is 2. The summed E-state index contributed by atoms with van der Waals surface area (Å²) in [4.78, 5) is 13.8. The van der Waals surface area contributed by atoms with Crippen LogP contribution in [0, 0.1) is 6.92 Å². The van der Waals surface area contributed by atoms with Gasteiger partial charge in [-0.2, -0.15) is 0 Å². The van der Waals surface area contributed by atoms with Crippen molar-refractivity contribution < 1.29 is 4.79 Å². The Balaban J connectivity index is 2.09. The molecular formula is C20H22N2O. The third-order valence-electron chi connectivity index (χ3n) is 3.50. The van der Waals surface area contributed by atoms with Gasteiger partial charge in [-0.15, -0.1) is 0 Å². The number of benzene rings is 2. The number of nitrogens with one attached hydrogen (secondary N) is 1. The molecule has 0 atom stereocenters. The Kier molecular flexibility index (Phi) is 5.75. The summed E-state index contributed by atoms with van der Waals surface area (Å²) in [5.74, 6) is -0.0742. The van der Waals surface area contributed by atoms with Gasteiger partial charge in [-0.25, -0.2) is 0 Å². The van der Waals surface area contributed by atoms with E-state index in [1.54, 1.807) is 11.1 Å². The highest BCUT2D eigenvalue weighted by atomic mass is 16.2. The number of carbonyl (C=O) groups is 1. The minimum Gasteiger partial charge on any atom is -0.346 e. The Hall–Kier alpha value is -2.81. The number of amides is 1. The van der Waals surface area contributed by atoms with Crippen molar-refractivity contribution in [3.8, 4) is 11.1 Å². The van der Waals surface area contributed by atoms with Crippen LogP contribution in [-0.2, 0) is 4.79 Å². The fourth-order valence-electron chi connectivity index (χ4n) is 2.42. The van der Waals surface area contributed by atoms with E-state index in [0.717, 1.165) is 11.3 Å². The lowest BCUT2D eigenvalue weighted by Crippen LogP contribution is -2.25. The van der Waals surface area contributed by atoms with Crippen LogP contribution in [-0.4, -0.2) is 17.4 Å². The molecule has 1 amide bonds. The molecule has 0 saturated carbocycles. The molecule has 2 rings (SSSR count). The number of rotatable bonds is 6. The normalized spacial score (nSPS) is 10.5. The lowest BCUT2D eigenvalue weighted by atomic mass is 10.00. The summed E-state index contributed by atoms with van der Waals surface area (Å²) in [5, 5.41) is 2.92. The third-order valence-corrected chi connectivity index (χ3v) is 3.50. The molecule has 2 aromatic rings. The summed E-state index contributed by atoms with van der Waals surface area (Å²) >= 11 is 0. The Morgan fingerprint density at radius 1 is 1.22 bits per heavy atom. The van der Waals surface area contributed by atoms with Crippen LogP contribution < -0.4 is 5.32 Å². The Labute approximate surface area is 138 Å². The summed E-state index contributed by atoms with van der Waals surface area (Å²) in [6.45, 7) is 7.89. The van der Waals surface area contributed by atoms with Crippen LogP contribution in [0.2, 0.25) is 0 Å². The van der Waals surface area contributed by atoms with Gasteiger partial charge in [-0.3, -0.25) is 4.79 Å². The standard InChI is InChI=1S/C20H22N2O/c1-4-13-22(5-2)15-20(23)21-18-11-12-19(16(3)14-18)17-9-7-6-8-10-17/h4-14H,2,15H2,1,3H3,(H,21,23)/b13-4-. The molecule has 0 bridgehead atoms. The zero-order chi connectivity index (χ0) is 16.7. The smallest absolute Gasteiger partial charge is 0.244 e. The molecule has 3 nitrogen and oxygen atoms in total. The molecule has 0 fully saturated rings. The van der Waals surface area contributed by atoms with Gasteiger partial charge in [0.25, 0.3) is 0 Å². The van der Waals surface area contributed by atoms with E-state index in [2.05, 4.69) is 24.0 Å². The topological polar surface area (TPSA) is 32.3 Å². The summed E-state index contributed by atoms with van der Waals surface area (Å²) in [7, 11) is 0. The van der Waals surface area contributed by atoms with Crippen LogP contribution in [0.4, 0.5) is 5.69 Å². The van der Waals surface area contributed by atoms with Crippen molar-refractivity contribution in [1.29, 1.82) is 0 Å². The van der Waals surface area contributed by atoms with Gasteiger partial charge in [0, 0.05) is 5.69 Å². The fourth-order valence-corrected chi connectivity index (χ4v) is 2.42. The van der Waals surface area contributed by atoms with Crippen LogP contribution >= 0.6 is 0 Å². The molecule has 0 aromatic heterocycles. The Morgan fingerprint density at radius 2 is 1.96 bits per heavy atom. The minimum atomic E-state index is -0.0742. The van der Waals surface area contributed by atoms with Crippen molar-refractivity contribution in [2.75, 3.05) is 11.9 Å². The molecule has 0 saturated heterocycles. The highest BCUT2D eigenvalue weighted by molar-refractivity contribution is 5.93. The van der Waals surface area contributed by atoms with E-state index in [1.807, 2.05) is 62.5 Å². The highest BCUT2D eigenvalue weighted by Gasteiger charge is 2.07. The zero-order valence-corrected chi connectivity index (χ0v) is 13.6. The van der Waals surface area contributed by atoms with Gasteiger partial charge in [0.2, 0.25) is 5.91 Å². The van der Waals surface area contributed by atoms with Crippen molar-refractivity contribution in [1.82, 2.24) is 4.90 Å². The summed E-state index contributed by atoms with van der Waals surface area (Å²) < 4.78 is 0. The van der Waals surface area contributed by atoms with E-state index in [0.29, 0.717) is 0 Å². The van der Waals surface area contributed by atoms with Gasteiger partial charge in [0.15, 0.2) is 0 Å². The number of carbonyl (C=O) groups excluding carboxylic acids is 1. The first-order valence-electron chi connectivity index (χ1n) is 7.61. The van der Waals surface area contributed by atoms with Gasteiger partial charge in [-0.05, 0) is 55.1 Å². The van der Waals surface area contributed by atoms with E-state index < -0.39 is 0 Å². The second-order valence-electron chi connectivity index (χ2n) is 5.28. The molecule has 0 heterocycles. The van der Waals surface area contributed by atoms with Crippen molar-refractivity contribution in [2.45, 2.75) is 13.8 Å². The Bertz CT molecular complexity index is 705. The minimum absolute atomic E-state index is 0.0742. The van der Waals surface area contributed by atoms with Crippen LogP contribution in [0.15, 0.2) is 73.6 Å². The molecule has 0 unspecified atom stereocenters. The maximum atomic E-state index is 12.1. The monoisotopic (exact) mass is 306 g/mol. The van der Waals surface area contributed by atoms with Gasteiger partial charge < -0.3 is 10.2 Å². The summed E-state index contributed by atoms with van der Waals surface area (Å²) in [6, 6.07) is 16.2. The number of hydrogen-bond donors (Lipinski definition) is 1. The molecule has 118 valence electrons. The van der Waals surface area contributed by atoms with E-state index in [9.17, 15) is 4.79 Å². The summed E-state index contributed by atoms with van der Waals surface area (Å²) in [6.07, 6.45) is 5.31. The first kappa shape index (κ1) is 16.6. The van der Waals surface area contributed by atoms with Gasteiger partial charge in [-0.1, -0.05) is 49.1 Å². The second-order valence-corrected chi connectivity index (χ2v) is 5.28. The maximum absolute atomic E-state index is 12.1. The maximum Gasteiger partial charge on any atom is 0.244 e. The molecule has 0 spiro atoms. The molecular weight excluding hydrogens is 284 g/mol. The van der Waals surface area contributed by atoms with Crippen LogP contribution in [0.5, 0.6) is 0 Å². The number of anilines is 1. The van der Waals surface area contributed by atoms with Gasteiger partial charge in [0.05, 0.1) is 0 Å². The predicted molar refractivity (Wildman–Crippen MR) is 97.0 cm³/mol. The van der Waals surface area contributed by atoms with E-state index >= 15 is 0 Å². The van der Waals surface area contributed by atoms with Crippen molar-refractivity contribution in [2.24, 2.45) is 0 Å². The molecule has 0 aliphatic rings. The SMILES string of the molecule is C=CN(/C=C\C)CC(=O)Nc1ccc(-c2ccccc2)c(C)c1. The number of allylic oxidation sites excluding steroid dienone is 1. The number of aryl methyl sites for hydroxylation is 1. The molecule has 0 radical (unpaired) electrons. The van der Waals surface area contributed by atoms with Crippen LogP contribution in [0.25, 0.3) is 11.1 Å². The largest absolute Gasteiger partial charge is 0.346 e. The molecule has 23 heavy (non-hydrogen) atoms. The molecule has 3 heteroatoms. The molecule has 2 aromatic carbocycles. The highest BCUT2D eigenvalue weighted by Crippen LogP contribution is 2.25. The number of nitrogens with zero attached hydrogens (tertiary/aromatic N) is 1. The van der Waals surface area contributed by atoms with Crippen molar-refractivity contribution >= 4 is 11.6 Å². The summed E-state index contributed by atoms with van der Waals surface area (Å²) in [5.41, 5.74) is 4.28. The first-order valence-corrected chi connectivity index (χ1v) is 7.61. The van der Waals surface area contributed by atoms with Gasteiger partial charge in [0.1, 0.15) is 6.54 Å². The third kappa shape index (κ3) is 4.58. The average Bonchev–Trinajstić information content (AvgIpc) is 2.55. The van der Waals surface area contributed by atoms with Crippen LogP contribution in [0.3, 0.4) is 0 Å². The average molecular weight is 306 g/mol. The predicted octanol–water partition coefficient (Wildman–Crippen LogP) is 4.58. The second kappa shape index (κ2) is 7.99. The lowest BCUT2D eigenvalue weighted by molar-refractivity contribution is -0.116.